The molecule has 0 saturated heterocycles. The van der Waals surface area contributed by atoms with Gasteiger partial charge < -0.3 is 50.5 Å². The van der Waals surface area contributed by atoms with Crippen LogP contribution in [0.1, 0.15) is 38.3 Å². The van der Waals surface area contributed by atoms with Gasteiger partial charge in [0.2, 0.25) is 0 Å². The van der Waals surface area contributed by atoms with Crippen LogP contribution in [0.15, 0.2) is 42.5 Å². The molecule has 0 amide bonds. The first-order valence-corrected chi connectivity index (χ1v) is 7.43. The molecule has 8 N–H and O–H groups in total. The molecule has 1 aliphatic carbocycles. The fraction of sp³-hybridized carbons (Fsp3) is 0.176. The quantitative estimate of drug-likeness (QED) is 0.194. The molecule has 0 spiro atoms. The predicted octanol–water partition coefficient (Wildman–Crippen LogP) is -0.724. The van der Waals surface area contributed by atoms with E-state index in [0.29, 0.717) is 47.6 Å². The monoisotopic (exact) mass is 607 g/mol. The van der Waals surface area contributed by atoms with Crippen LogP contribution < -0.4 is 35.2 Å². The zero-order valence-electron chi connectivity index (χ0n) is 15.2. The molecular weight excluding hydrogens is 587 g/mol. The molecule has 0 bridgehead atoms. The largest absolute Gasteiger partial charge is 2.00 e. The van der Waals surface area contributed by atoms with Crippen LogP contribution >= 0.6 is 0 Å². The molecule has 0 saturated carbocycles. The van der Waals surface area contributed by atoms with Gasteiger partial charge in [-0.2, -0.15) is 0 Å². The smallest absolute Gasteiger partial charge is 1.00 e. The third kappa shape index (κ3) is 7.52. The minimum atomic E-state index is -1.75. The number of ether oxygens (including phenoxy) is 1. The van der Waals surface area contributed by atoms with Crippen molar-refractivity contribution in [2.75, 3.05) is 13.2 Å². The standard InChI is InChI=1S/C17H15NO3.ClH.NO3.2H3N.Pt/c18-9-4-10-21-14-8-3-7-13-15(14)17(20)12-6-2-1-5-11(12)16(13)19;;2-1(3)4;;;/h1-3,5-8H,4,9-10,18H2;1H;;2*1H3;/q;;-1;;;+2/p-1. The van der Waals surface area contributed by atoms with Crippen LogP contribution in [-0.2, 0) is 21.1 Å². The number of benzene rings is 2. The average Bonchev–Trinajstić information content (AvgIpc) is 2.59. The van der Waals surface area contributed by atoms with Gasteiger partial charge in [0, 0.05) is 16.7 Å². The van der Waals surface area contributed by atoms with Crippen molar-refractivity contribution in [3.63, 3.8) is 0 Å². The minimum Gasteiger partial charge on any atom is -1.00 e. The number of carbonyl (C=O) groups excluding carboxylic acids is 2. The van der Waals surface area contributed by atoms with Gasteiger partial charge in [0.25, 0.3) is 0 Å². The summed E-state index contributed by atoms with van der Waals surface area (Å²) in [6, 6.07) is 12.0. The van der Waals surface area contributed by atoms with Gasteiger partial charge >= 0.3 is 21.1 Å². The number of nitrogens with zero attached hydrogens (tertiary/aromatic N) is 1. The maximum Gasteiger partial charge on any atom is 2.00 e. The predicted molar refractivity (Wildman–Crippen MR) is 99.3 cm³/mol. The van der Waals surface area contributed by atoms with E-state index in [0.717, 1.165) is 0 Å². The second-order valence-corrected chi connectivity index (χ2v) is 5.10. The Morgan fingerprint density at radius 2 is 1.38 bits per heavy atom. The van der Waals surface area contributed by atoms with Crippen molar-refractivity contribution in [2.24, 2.45) is 5.73 Å². The van der Waals surface area contributed by atoms with Crippen molar-refractivity contribution in [3.8, 4) is 5.75 Å². The molecule has 29 heavy (non-hydrogen) atoms. The van der Waals surface area contributed by atoms with E-state index in [1.165, 1.54) is 0 Å². The number of hydrogen-bond acceptors (Lipinski definition) is 9. The summed E-state index contributed by atoms with van der Waals surface area (Å²) in [6.45, 7) is 0.945. The fourth-order valence-electron chi connectivity index (χ4n) is 2.50. The molecule has 0 radical (unpaired) electrons. The summed E-state index contributed by atoms with van der Waals surface area (Å²) in [5.41, 5.74) is 7.10. The van der Waals surface area contributed by atoms with E-state index in [1.807, 2.05) is 0 Å². The van der Waals surface area contributed by atoms with Crippen LogP contribution in [0.5, 0.6) is 5.75 Å². The molecule has 10 nitrogen and oxygen atoms in total. The number of nitrogens with two attached hydrogens (primary N) is 1. The summed E-state index contributed by atoms with van der Waals surface area (Å²) < 4.78 is 5.63. The van der Waals surface area contributed by atoms with Gasteiger partial charge in [-0.3, -0.25) is 9.59 Å². The molecule has 0 aliphatic heterocycles. The topological polar surface area (TPSA) is 206 Å². The summed E-state index contributed by atoms with van der Waals surface area (Å²) >= 11 is 0. The molecule has 12 heteroatoms. The van der Waals surface area contributed by atoms with Gasteiger partial charge in [-0.05, 0) is 19.0 Å². The van der Waals surface area contributed by atoms with Gasteiger partial charge in [-0.25, -0.2) is 0 Å². The summed E-state index contributed by atoms with van der Waals surface area (Å²) in [5, 5.41) is 14.8. The van der Waals surface area contributed by atoms with E-state index in [1.54, 1.807) is 42.5 Å². The van der Waals surface area contributed by atoms with Crippen LogP contribution in [0.25, 0.3) is 0 Å². The SMILES string of the molecule is N.N.NCCCOc1cccc2c1C(=O)c1ccccc1C2=O.O=[N+]([O-])[O-].[Cl-].[Pt+2]. The van der Waals surface area contributed by atoms with Crippen molar-refractivity contribution < 1.29 is 52.9 Å². The van der Waals surface area contributed by atoms with Gasteiger partial charge in [-0.15, -0.1) is 0 Å². The van der Waals surface area contributed by atoms with Crippen LogP contribution in [0.4, 0.5) is 0 Å². The van der Waals surface area contributed by atoms with E-state index < -0.39 is 5.09 Å². The number of fused-ring (bicyclic) bond motifs is 2. The number of hydrogen-bond donors (Lipinski definition) is 3. The van der Waals surface area contributed by atoms with Crippen molar-refractivity contribution in [2.45, 2.75) is 6.42 Å². The second kappa shape index (κ2) is 14.6. The Balaban J connectivity index is -0.000000779. The Kier molecular flexibility index (Phi) is 15.8. The Bertz CT molecular complexity index is 833. The maximum atomic E-state index is 12.7. The van der Waals surface area contributed by atoms with Crippen LogP contribution in [0.2, 0.25) is 0 Å². The first-order chi connectivity index (χ1) is 12.0. The van der Waals surface area contributed by atoms with Gasteiger partial charge in [0.1, 0.15) is 5.75 Å². The summed E-state index contributed by atoms with van der Waals surface area (Å²) in [7, 11) is 0. The first kappa shape index (κ1) is 31.3. The normalized spacial score (nSPS) is 10.1. The van der Waals surface area contributed by atoms with E-state index in [9.17, 15) is 9.59 Å². The van der Waals surface area contributed by atoms with Crippen molar-refractivity contribution in [3.05, 3.63) is 80.0 Å². The Morgan fingerprint density at radius 1 is 0.897 bits per heavy atom. The molecule has 162 valence electrons. The average molecular weight is 608 g/mol. The molecule has 0 unspecified atom stereocenters. The van der Waals surface area contributed by atoms with Crippen LogP contribution in [-0.4, -0.2) is 29.8 Å². The molecule has 0 heterocycles. The van der Waals surface area contributed by atoms with E-state index in [2.05, 4.69) is 0 Å². The Hall–Kier alpha value is -2.36. The summed E-state index contributed by atoms with van der Waals surface area (Å²) in [5.74, 6) is 0.154. The minimum absolute atomic E-state index is 0. The maximum absolute atomic E-state index is 12.7. The van der Waals surface area contributed by atoms with E-state index >= 15 is 0 Å². The molecule has 3 rings (SSSR count). The molecule has 0 aromatic heterocycles. The van der Waals surface area contributed by atoms with E-state index in [-0.39, 0.29) is 57.3 Å². The first-order valence-electron chi connectivity index (χ1n) is 7.43. The van der Waals surface area contributed by atoms with Crippen LogP contribution in [0, 0.1) is 15.3 Å². The fourth-order valence-corrected chi connectivity index (χ4v) is 2.50. The Labute approximate surface area is 187 Å². The third-order valence-corrected chi connectivity index (χ3v) is 3.52. The zero-order chi connectivity index (χ0) is 18.4. The van der Waals surface area contributed by atoms with Crippen molar-refractivity contribution in [1.82, 2.24) is 12.3 Å². The number of ketones is 2. The van der Waals surface area contributed by atoms with Gasteiger partial charge in [0.05, 0.1) is 17.3 Å². The van der Waals surface area contributed by atoms with Crippen LogP contribution in [0.3, 0.4) is 0 Å². The van der Waals surface area contributed by atoms with Gasteiger partial charge in [0.15, 0.2) is 11.6 Å². The summed E-state index contributed by atoms with van der Waals surface area (Å²) in [4.78, 5) is 33.4. The Morgan fingerprint density at radius 3 is 1.90 bits per heavy atom. The zero-order valence-corrected chi connectivity index (χ0v) is 18.3. The van der Waals surface area contributed by atoms with E-state index in [4.69, 9.17) is 25.8 Å². The molecule has 1 aliphatic rings. The van der Waals surface area contributed by atoms with Gasteiger partial charge in [-0.1, -0.05) is 36.4 Å². The molecule has 0 atom stereocenters. The summed E-state index contributed by atoms with van der Waals surface area (Å²) in [6.07, 6.45) is 0.697. The van der Waals surface area contributed by atoms with Crippen molar-refractivity contribution >= 4 is 11.6 Å². The third-order valence-electron chi connectivity index (χ3n) is 3.52. The molecule has 2 aromatic rings. The molecular formula is C17H21ClN4O6Pt. The molecule has 2 aromatic carbocycles. The number of halogens is 1. The number of carbonyl (C=O) groups is 2. The number of rotatable bonds is 4. The molecule has 0 fully saturated rings. The second-order valence-electron chi connectivity index (χ2n) is 5.10. The van der Waals surface area contributed by atoms with Crippen molar-refractivity contribution in [1.29, 1.82) is 0 Å².